The highest BCUT2D eigenvalue weighted by Crippen LogP contribution is 2.42. The molecule has 3 heterocycles. The molecule has 0 bridgehead atoms. The molecule has 7 nitrogen and oxygen atoms in total. The molecule has 0 aliphatic carbocycles. The van der Waals surface area contributed by atoms with Crippen molar-refractivity contribution in [1.29, 1.82) is 0 Å². The highest BCUT2D eigenvalue weighted by molar-refractivity contribution is 5.90. The summed E-state index contributed by atoms with van der Waals surface area (Å²) in [5, 5.41) is 10.7. The number of aromatic amines is 1. The van der Waals surface area contributed by atoms with Crippen LogP contribution in [-0.2, 0) is 20.7 Å². The van der Waals surface area contributed by atoms with Crippen LogP contribution in [0.15, 0.2) is 24.4 Å². The van der Waals surface area contributed by atoms with E-state index in [1.807, 2.05) is 24.4 Å². The van der Waals surface area contributed by atoms with E-state index in [1.54, 1.807) is 12.0 Å². The minimum absolute atomic E-state index is 0.0521. The molecule has 2 saturated heterocycles. The number of carbonyl (C=O) groups excluding carboxylic acids is 1. The van der Waals surface area contributed by atoms with E-state index in [9.17, 15) is 14.7 Å². The standard InChI is InChI=1S/C19H22N2O5/c1-25-14-2-3-16-15(7-14)12(8-20-16)6-17(22)21-9-13-10-26-5-4-19(13,11-21)18(23)24/h2-3,7-8,13,20H,4-6,9-11H2,1H3,(H,23,24)/t13-,19+/m0/s1. The molecule has 2 aromatic rings. The van der Waals surface area contributed by atoms with Crippen molar-refractivity contribution in [2.75, 3.05) is 33.4 Å². The molecule has 138 valence electrons. The average Bonchev–Trinajstić information content (AvgIpc) is 3.23. The van der Waals surface area contributed by atoms with Gasteiger partial charge in [-0.05, 0) is 30.2 Å². The Morgan fingerprint density at radius 2 is 2.31 bits per heavy atom. The van der Waals surface area contributed by atoms with E-state index in [-0.39, 0.29) is 24.8 Å². The van der Waals surface area contributed by atoms with Crippen molar-refractivity contribution in [3.8, 4) is 5.75 Å². The summed E-state index contributed by atoms with van der Waals surface area (Å²) < 4.78 is 10.7. The van der Waals surface area contributed by atoms with Crippen LogP contribution in [0.1, 0.15) is 12.0 Å². The van der Waals surface area contributed by atoms with Crippen molar-refractivity contribution in [1.82, 2.24) is 9.88 Å². The monoisotopic (exact) mass is 358 g/mol. The van der Waals surface area contributed by atoms with Crippen LogP contribution in [0, 0.1) is 11.3 Å². The Morgan fingerprint density at radius 1 is 1.46 bits per heavy atom. The molecule has 2 fully saturated rings. The Bertz CT molecular complexity index is 861. The van der Waals surface area contributed by atoms with Gasteiger partial charge in [-0.2, -0.15) is 0 Å². The summed E-state index contributed by atoms with van der Waals surface area (Å²) in [5.41, 5.74) is 0.968. The first-order chi connectivity index (χ1) is 12.5. The van der Waals surface area contributed by atoms with Crippen molar-refractivity contribution in [2.24, 2.45) is 11.3 Å². The van der Waals surface area contributed by atoms with Gasteiger partial charge >= 0.3 is 5.97 Å². The molecule has 0 spiro atoms. The molecule has 2 aliphatic heterocycles. The first kappa shape index (κ1) is 16.9. The molecule has 1 amide bonds. The number of carboxylic acid groups (broad SMARTS) is 1. The molecule has 4 rings (SSSR count). The number of aliphatic carboxylic acids is 1. The summed E-state index contributed by atoms with van der Waals surface area (Å²) in [7, 11) is 1.61. The van der Waals surface area contributed by atoms with Crippen LogP contribution in [0.5, 0.6) is 5.75 Å². The molecule has 0 unspecified atom stereocenters. The first-order valence-electron chi connectivity index (χ1n) is 8.76. The highest BCUT2D eigenvalue weighted by atomic mass is 16.5. The molecule has 0 radical (unpaired) electrons. The lowest BCUT2D eigenvalue weighted by Crippen LogP contribution is -2.45. The number of methoxy groups -OCH3 is 1. The van der Waals surface area contributed by atoms with Gasteiger partial charge in [-0.1, -0.05) is 0 Å². The molecule has 0 saturated carbocycles. The number of H-pyrrole nitrogens is 1. The lowest BCUT2D eigenvalue weighted by molar-refractivity contribution is -0.157. The number of carbonyl (C=O) groups is 2. The molecule has 2 aliphatic rings. The molecular weight excluding hydrogens is 336 g/mol. The van der Waals surface area contributed by atoms with Gasteiger partial charge in [-0.3, -0.25) is 9.59 Å². The van der Waals surface area contributed by atoms with E-state index in [0.29, 0.717) is 26.2 Å². The molecular formula is C19H22N2O5. The fraction of sp³-hybridized carbons (Fsp3) is 0.474. The minimum Gasteiger partial charge on any atom is -0.497 e. The smallest absolute Gasteiger partial charge is 0.311 e. The Morgan fingerprint density at radius 3 is 3.04 bits per heavy atom. The zero-order valence-corrected chi connectivity index (χ0v) is 14.7. The average molecular weight is 358 g/mol. The number of hydrogen-bond acceptors (Lipinski definition) is 4. The molecule has 1 aromatic carbocycles. The Labute approximate surface area is 150 Å². The third-order valence-corrected chi connectivity index (χ3v) is 5.80. The minimum atomic E-state index is -0.864. The largest absolute Gasteiger partial charge is 0.497 e. The third-order valence-electron chi connectivity index (χ3n) is 5.80. The Kier molecular flexibility index (Phi) is 4.11. The van der Waals surface area contributed by atoms with E-state index in [2.05, 4.69) is 4.98 Å². The molecule has 7 heteroatoms. The number of benzene rings is 1. The lowest BCUT2D eigenvalue weighted by Gasteiger charge is -2.33. The quantitative estimate of drug-likeness (QED) is 0.867. The molecule has 2 atom stereocenters. The number of hydrogen-bond donors (Lipinski definition) is 2. The van der Waals surface area contributed by atoms with Crippen LogP contribution in [0.2, 0.25) is 0 Å². The fourth-order valence-electron chi connectivity index (χ4n) is 4.19. The van der Waals surface area contributed by atoms with Crippen LogP contribution in [-0.4, -0.2) is 60.3 Å². The summed E-state index contributed by atoms with van der Waals surface area (Å²) in [6.45, 7) is 1.55. The van der Waals surface area contributed by atoms with Crippen molar-refractivity contribution in [3.05, 3.63) is 30.0 Å². The van der Waals surface area contributed by atoms with E-state index in [1.165, 1.54) is 0 Å². The number of fused-ring (bicyclic) bond motifs is 2. The number of nitrogens with one attached hydrogen (secondary N) is 1. The molecule has 26 heavy (non-hydrogen) atoms. The van der Waals surface area contributed by atoms with Crippen LogP contribution in [0.4, 0.5) is 0 Å². The van der Waals surface area contributed by atoms with E-state index in [4.69, 9.17) is 9.47 Å². The highest BCUT2D eigenvalue weighted by Gasteiger charge is 2.54. The van der Waals surface area contributed by atoms with Crippen LogP contribution < -0.4 is 4.74 Å². The number of amides is 1. The summed E-state index contributed by atoms with van der Waals surface area (Å²) in [5.74, 6) is -0.276. The fourth-order valence-corrected chi connectivity index (χ4v) is 4.19. The van der Waals surface area contributed by atoms with Gasteiger partial charge in [0.2, 0.25) is 5.91 Å². The van der Waals surface area contributed by atoms with Gasteiger partial charge in [0.05, 0.1) is 25.6 Å². The molecule has 1 aromatic heterocycles. The number of ether oxygens (including phenoxy) is 2. The van der Waals surface area contributed by atoms with E-state index < -0.39 is 11.4 Å². The second-order valence-corrected chi connectivity index (χ2v) is 7.16. The number of aromatic nitrogens is 1. The normalized spacial score (nSPS) is 25.3. The second kappa shape index (κ2) is 6.32. The van der Waals surface area contributed by atoms with Crippen LogP contribution in [0.3, 0.4) is 0 Å². The maximum absolute atomic E-state index is 12.9. The second-order valence-electron chi connectivity index (χ2n) is 7.16. The maximum atomic E-state index is 12.9. The Hall–Kier alpha value is -2.54. The van der Waals surface area contributed by atoms with Crippen LogP contribution in [0.25, 0.3) is 10.9 Å². The third kappa shape index (κ3) is 2.63. The number of likely N-dealkylation sites (tertiary alicyclic amines) is 1. The zero-order valence-electron chi connectivity index (χ0n) is 14.7. The van der Waals surface area contributed by atoms with Gasteiger partial charge in [0.15, 0.2) is 0 Å². The van der Waals surface area contributed by atoms with Gasteiger partial charge in [-0.15, -0.1) is 0 Å². The van der Waals surface area contributed by atoms with Crippen molar-refractivity contribution in [3.63, 3.8) is 0 Å². The van der Waals surface area contributed by atoms with Gasteiger partial charge < -0.3 is 24.5 Å². The lowest BCUT2D eigenvalue weighted by atomic mass is 9.74. The maximum Gasteiger partial charge on any atom is 0.311 e. The summed E-state index contributed by atoms with van der Waals surface area (Å²) >= 11 is 0. The van der Waals surface area contributed by atoms with Crippen molar-refractivity contribution < 1.29 is 24.2 Å². The number of rotatable bonds is 4. The van der Waals surface area contributed by atoms with E-state index in [0.717, 1.165) is 22.2 Å². The van der Waals surface area contributed by atoms with E-state index >= 15 is 0 Å². The predicted molar refractivity (Wildman–Crippen MR) is 94.1 cm³/mol. The first-order valence-corrected chi connectivity index (χ1v) is 8.76. The van der Waals surface area contributed by atoms with Gasteiger partial charge in [0.1, 0.15) is 5.75 Å². The summed E-state index contributed by atoms with van der Waals surface area (Å²) in [4.78, 5) is 29.6. The van der Waals surface area contributed by atoms with Gasteiger partial charge in [0, 0.05) is 42.7 Å². The summed E-state index contributed by atoms with van der Waals surface area (Å²) in [6.07, 6.45) is 2.53. The van der Waals surface area contributed by atoms with Gasteiger partial charge in [-0.25, -0.2) is 0 Å². The number of carboxylic acids is 1. The topological polar surface area (TPSA) is 91.9 Å². The van der Waals surface area contributed by atoms with Gasteiger partial charge in [0.25, 0.3) is 0 Å². The Balaban J connectivity index is 1.55. The molecule has 2 N–H and O–H groups in total. The summed E-state index contributed by atoms with van der Waals surface area (Å²) in [6, 6.07) is 5.69. The van der Waals surface area contributed by atoms with Crippen LogP contribution >= 0.6 is 0 Å². The zero-order chi connectivity index (χ0) is 18.3. The van der Waals surface area contributed by atoms with Crippen molar-refractivity contribution in [2.45, 2.75) is 12.8 Å². The van der Waals surface area contributed by atoms with Crippen molar-refractivity contribution >= 4 is 22.8 Å². The predicted octanol–water partition coefficient (Wildman–Crippen LogP) is 1.67. The SMILES string of the molecule is COc1ccc2[nH]cc(CC(=O)N3C[C@H]4COCC[C@@]4(C(=O)O)C3)c2c1. The number of nitrogens with zero attached hydrogens (tertiary/aromatic N) is 1.